The number of aromatic nitrogens is 1. The summed E-state index contributed by atoms with van der Waals surface area (Å²) in [6.07, 6.45) is 1.72. The van der Waals surface area contributed by atoms with E-state index < -0.39 is 0 Å². The lowest BCUT2D eigenvalue weighted by molar-refractivity contribution is 0.318. The van der Waals surface area contributed by atoms with E-state index in [2.05, 4.69) is 42.7 Å². The molecule has 0 aromatic carbocycles. The molecule has 3 N–H and O–H groups in total. The molecule has 5 nitrogen and oxygen atoms in total. The first kappa shape index (κ1) is 14.3. The molecule has 0 aliphatic rings. The van der Waals surface area contributed by atoms with Gasteiger partial charge < -0.3 is 15.8 Å². The Labute approximate surface area is 108 Å². The van der Waals surface area contributed by atoms with Crippen molar-refractivity contribution in [2.75, 3.05) is 11.4 Å². The summed E-state index contributed by atoms with van der Waals surface area (Å²) in [6.45, 7) is 9.39. The first-order chi connectivity index (χ1) is 8.47. The Balaban J connectivity index is 3.19. The van der Waals surface area contributed by atoms with Crippen molar-refractivity contribution >= 4 is 11.7 Å². The summed E-state index contributed by atoms with van der Waals surface area (Å²) in [5.74, 6) is 1.36. The Kier molecular flexibility index (Phi) is 4.95. The molecule has 0 aliphatic carbocycles. The van der Waals surface area contributed by atoms with Gasteiger partial charge in [-0.15, -0.1) is 0 Å². The van der Waals surface area contributed by atoms with Crippen molar-refractivity contribution in [2.45, 2.75) is 33.7 Å². The number of pyridine rings is 1. The monoisotopic (exact) mass is 250 g/mol. The SMILES string of the molecule is CC(C)CN(c1ncccc1C(N)=NO)C(C)C. The first-order valence-corrected chi connectivity index (χ1v) is 6.17. The molecule has 0 unspecified atom stereocenters. The molecule has 1 aromatic heterocycles. The number of amidine groups is 1. The average Bonchev–Trinajstić information content (AvgIpc) is 2.34. The van der Waals surface area contributed by atoms with Gasteiger partial charge in [0.2, 0.25) is 0 Å². The summed E-state index contributed by atoms with van der Waals surface area (Å²) in [5.41, 5.74) is 6.36. The number of anilines is 1. The van der Waals surface area contributed by atoms with Crippen molar-refractivity contribution in [2.24, 2.45) is 16.8 Å². The molecule has 0 saturated carbocycles. The van der Waals surface area contributed by atoms with Crippen molar-refractivity contribution in [3.8, 4) is 0 Å². The third-order valence-electron chi connectivity index (χ3n) is 2.63. The van der Waals surface area contributed by atoms with Gasteiger partial charge in [0.15, 0.2) is 5.84 Å². The Bertz CT molecular complexity index is 415. The van der Waals surface area contributed by atoms with Crippen molar-refractivity contribution in [1.29, 1.82) is 0 Å². The zero-order valence-electron chi connectivity index (χ0n) is 11.5. The van der Waals surface area contributed by atoms with Crippen LogP contribution >= 0.6 is 0 Å². The number of oxime groups is 1. The summed E-state index contributed by atoms with van der Waals surface area (Å²) < 4.78 is 0. The Morgan fingerprint density at radius 2 is 2.11 bits per heavy atom. The van der Waals surface area contributed by atoms with Gasteiger partial charge in [0.1, 0.15) is 5.82 Å². The normalized spacial score (nSPS) is 12.2. The van der Waals surface area contributed by atoms with Gasteiger partial charge in [-0.1, -0.05) is 19.0 Å². The van der Waals surface area contributed by atoms with Crippen molar-refractivity contribution in [3.05, 3.63) is 23.9 Å². The fourth-order valence-corrected chi connectivity index (χ4v) is 1.81. The molecule has 5 heteroatoms. The average molecular weight is 250 g/mol. The van der Waals surface area contributed by atoms with E-state index in [1.54, 1.807) is 12.3 Å². The standard InChI is InChI=1S/C13H22N4O/c1-9(2)8-17(10(3)4)13-11(12(14)16-18)6-5-7-15-13/h5-7,9-10,18H,8H2,1-4H3,(H2,14,16). The third-order valence-corrected chi connectivity index (χ3v) is 2.63. The summed E-state index contributed by atoms with van der Waals surface area (Å²) in [6, 6.07) is 3.89. The fraction of sp³-hybridized carbons (Fsp3) is 0.538. The molecule has 0 spiro atoms. The minimum Gasteiger partial charge on any atom is -0.409 e. The van der Waals surface area contributed by atoms with Crippen LogP contribution < -0.4 is 10.6 Å². The first-order valence-electron chi connectivity index (χ1n) is 6.17. The van der Waals surface area contributed by atoms with E-state index in [0.717, 1.165) is 12.4 Å². The molecule has 1 aromatic rings. The van der Waals surface area contributed by atoms with E-state index in [-0.39, 0.29) is 5.84 Å². The van der Waals surface area contributed by atoms with Crippen LogP contribution in [0.2, 0.25) is 0 Å². The van der Waals surface area contributed by atoms with Crippen LogP contribution in [0.25, 0.3) is 0 Å². The van der Waals surface area contributed by atoms with Crippen LogP contribution in [0.5, 0.6) is 0 Å². The molecule has 18 heavy (non-hydrogen) atoms. The third kappa shape index (κ3) is 3.35. The van der Waals surface area contributed by atoms with E-state index in [4.69, 9.17) is 10.9 Å². The Hall–Kier alpha value is -1.78. The minimum atomic E-state index is 0.0903. The highest BCUT2D eigenvalue weighted by atomic mass is 16.4. The fourth-order valence-electron chi connectivity index (χ4n) is 1.81. The quantitative estimate of drug-likeness (QED) is 0.363. The maximum absolute atomic E-state index is 8.83. The Morgan fingerprint density at radius 3 is 2.61 bits per heavy atom. The van der Waals surface area contributed by atoms with Gasteiger partial charge in [0, 0.05) is 18.8 Å². The van der Waals surface area contributed by atoms with Crippen LogP contribution in [-0.2, 0) is 0 Å². The summed E-state index contributed by atoms with van der Waals surface area (Å²) in [4.78, 5) is 6.54. The minimum absolute atomic E-state index is 0.0903. The van der Waals surface area contributed by atoms with Crippen LogP contribution in [0, 0.1) is 5.92 Å². The number of hydrogen-bond acceptors (Lipinski definition) is 4. The molecule has 0 fully saturated rings. The molecule has 1 rings (SSSR count). The van der Waals surface area contributed by atoms with Gasteiger partial charge >= 0.3 is 0 Å². The predicted molar refractivity (Wildman–Crippen MR) is 74.1 cm³/mol. The number of nitrogens with two attached hydrogens (primary N) is 1. The van der Waals surface area contributed by atoms with Crippen molar-refractivity contribution < 1.29 is 5.21 Å². The molecule has 1 heterocycles. The highest BCUT2D eigenvalue weighted by molar-refractivity contribution is 6.01. The molecule has 0 amide bonds. The second-order valence-corrected chi connectivity index (χ2v) is 5.00. The molecule has 0 radical (unpaired) electrons. The highest BCUT2D eigenvalue weighted by Gasteiger charge is 2.18. The van der Waals surface area contributed by atoms with Crippen LogP contribution in [0.4, 0.5) is 5.82 Å². The van der Waals surface area contributed by atoms with E-state index in [9.17, 15) is 0 Å². The highest BCUT2D eigenvalue weighted by Crippen LogP contribution is 2.20. The van der Waals surface area contributed by atoms with Crippen LogP contribution in [0.1, 0.15) is 33.3 Å². The molecule has 0 atom stereocenters. The number of nitrogens with zero attached hydrogens (tertiary/aromatic N) is 3. The molecule has 100 valence electrons. The number of rotatable bonds is 5. The van der Waals surface area contributed by atoms with E-state index in [0.29, 0.717) is 17.5 Å². The van der Waals surface area contributed by atoms with Gasteiger partial charge in [0.25, 0.3) is 0 Å². The maximum atomic E-state index is 8.83. The summed E-state index contributed by atoms with van der Waals surface area (Å²) in [5, 5.41) is 11.9. The zero-order valence-corrected chi connectivity index (χ0v) is 11.5. The van der Waals surface area contributed by atoms with Gasteiger partial charge in [-0.25, -0.2) is 4.98 Å². The smallest absolute Gasteiger partial charge is 0.173 e. The van der Waals surface area contributed by atoms with Crippen molar-refractivity contribution in [1.82, 2.24) is 4.98 Å². The van der Waals surface area contributed by atoms with E-state index in [1.807, 2.05) is 6.07 Å². The van der Waals surface area contributed by atoms with E-state index in [1.165, 1.54) is 0 Å². The lowest BCUT2D eigenvalue weighted by atomic mass is 10.1. The molecular weight excluding hydrogens is 228 g/mol. The largest absolute Gasteiger partial charge is 0.409 e. The molecular formula is C13H22N4O. The zero-order chi connectivity index (χ0) is 13.7. The summed E-state index contributed by atoms with van der Waals surface area (Å²) >= 11 is 0. The molecule has 0 bridgehead atoms. The Morgan fingerprint density at radius 1 is 1.44 bits per heavy atom. The number of hydrogen-bond donors (Lipinski definition) is 2. The van der Waals surface area contributed by atoms with Gasteiger partial charge in [0.05, 0.1) is 5.56 Å². The molecule has 0 aliphatic heterocycles. The molecule has 0 saturated heterocycles. The topological polar surface area (TPSA) is 74.7 Å². The van der Waals surface area contributed by atoms with Crippen LogP contribution in [0.15, 0.2) is 23.5 Å². The maximum Gasteiger partial charge on any atom is 0.173 e. The summed E-state index contributed by atoms with van der Waals surface area (Å²) in [7, 11) is 0. The lowest BCUT2D eigenvalue weighted by Crippen LogP contribution is -2.36. The predicted octanol–water partition coefficient (Wildman–Crippen LogP) is 2.05. The second-order valence-electron chi connectivity index (χ2n) is 5.00. The van der Waals surface area contributed by atoms with Crippen LogP contribution in [-0.4, -0.2) is 28.6 Å². The lowest BCUT2D eigenvalue weighted by Gasteiger charge is -2.30. The van der Waals surface area contributed by atoms with Gasteiger partial charge in [-0.3, -0.25) is 0 Å². The van der Waals surface area contributed by atoms with Crippen molar-refractivity contribution in [3.63, 3.8) is 0 Å². The van der Waals surface area contributed by atoms with E-state index >= 15 is 0 Å². The van der Waals surface area contributed by atoms with Gasteiger partial charge in [-0.2, -0.15) is 0 Å². The van der Waals surface area contributed by atoms with Crippen LogP contribution in [0.3, 0.4) is 0 Å². The van der Waals surface area contributed by atoms with Gasteiger partial charge in [-0.05, 0) is 31.9 Å². The second kappa shape index (κ2) is 6.23.